The van der Waals surface area contributed by atoms with Gasteiger partial charge < -0.3 is 10.2 Å². The van der Waals surface area contributed by atoms with Crippen LogP contribution in [0.15, 0.2) is 0 Å². The summed E-state index contributed by atoms with van der Waals surface area (Å²) in [6, 6.07) is 0.0162. The van der Waals surface area contributed by atoms with Gasteiger partial charge in [0.15, 0.2) is 0 Å². The Morgan fingerprint density at radius 3 is 2.36 bits per heavy atom. The van der Waals surface area contributed by atoms with E-state index in [0.717, 1.165) is 0 Å². The predicted octanol–water partition coefficient (Wildman–Crippen LogP) is 0.264. The second-order valence-corrected chi connectivity index (χ2v) is 3.47. The Morgan fingerprint density at radius 1 is 1.64 bits per heavy atom. The molecule has 1 saturated heterocycles. The zero-order valence-corrected chi connectivity index (χ0v) is 6.82. The number of aliphatic hydroxyl groups is 1. The lowest BCUT2D eigenvalue weighted by Crippen LogP contribution is -2.51. The maximum atomic E-state index is 10.7. The fourth-order valence-corrected chi connectivity index (χ4v) is 1.59. The summed E-state index contributed by atoms with van der Waals surface area (Å²) in [6.45, 7) is 2.18. The number of aliphatic hydroxyl groups excluding tert-OH is 1. The van der Waals surface area contributed by atoms with Gasteiger partial charge in [-0.25, -0.2) is 4.48 Å². The van der Waals surface area contributed by atoms with Gasteiger partial charge in [0, 0.05) is 6.42 Å². The van der Waals surface area contributed by atoms with Crippen LogP contribution in [0.5, 0.6) is 0 Å². The summed E-state index contributed by atoms with van der Waals surface area (Å²) in [5.41, 5.74) is 0. The molecule has 1 rings (SSSR count). The molecular formula is C7H14NO3+. The highest BCUT2D eigenvalue weighted by atomic mass is 16.4. The summed E-state index contributed by atoms with van der Waals surface area (Å²) in [7, 11) is 1.64. The van der Waals surface area contributed by atoms with Crippen molar-refractivity contribution < 1.29 is 19.5 Å². The third kappa shape index (κ3) is 1.23. The van der Waals surface area contributed by atoms with Crippen molar-refractivity contribution in [2.24, 2.45) is 0 Å². The third-order valence-corrected chi connectivity index (χ3v) is 2.61. The number of likely N-dealkylation sites (tertiary alicyclic amines) is 1. The van der Waals surface area contributed by atoms with Gasteiger partial charge in [0.1, 0.15) is 12.6 Å². The second kappa shape index (κ2) is 2.46. The molecule has 64 valence electrons. The van der Waals surface area contributed by atoms with Crippen LogP contribution in [0.4, 0.5) is 4.79 Å². The summed E-state index contributed by atoms with van der Waals surface area (Å²) in [6.07, 6.45) is -0.719. The summed E-state index contributed by atoms with van der Waals surface area (Å²) in [4.78, 5) is 10.7. The maximum absolute atomic E-state index is 10.7. The number of quaternary nitrogens is 1. The van der Waals surface area contributed by atoms with E-state index in [1.165, 1.54) is 0 Å². The van der Waals surface area contributed by atoms with E-state index in [1.54, 1.807) is 7.05 Å². The molecule has 3 atom stereocenters. The molecule has 2 N–H and O–H groups in total. The van der Waals surface area contributed by atoms with Crippen LogP contribution < -0.4 is 0 Å². The van der Waals surface area contributed by atoms with Gasteiger partial charge in [-0.2, -0.15) is 4.79 Å². The number of nitrogens with zero attached hydrogens (tertiary/aromatic N) is 1. The summed E-state index contributed by atoms with van der Waals surface area (Å²) in [5.74, 6) is 0. The SMILES string of the molecule is C[C@@H]1C[C@H](O)C[N@@+]1(C)C(=O)O. The lowest BCUT2D eigenvalue weighted by Gasteiger charge is -2.26. The molecule has 0 aromatic rings. The van der Waals surface area contributed by atoms with Gasteiger partial charge >= 0.3 is 6.09 Å². The van der Waals surface area contributed by atoms with Crippen molar-refractivity contribution in [2.75, 3.05) is 13.6 Å². The highest BCUT2D eigenvalue weighted by Gasteiger charge is 2.46. The van der Waals surface area contributed by atoms with E-state index in [1.807, 2.05) is 6.92 Å². The molecule has 4 heteroatoms. The van der Waals surface area contributed by atoms with Gasteiger partial charge in [-0.1, -0.05) is 0 Å². The summed E-state index contributed by atoms with van der Waals surface area (Å²) < 4.78 is -0.0544. The maximum Gasteiger partial charge on any atom is 0.513 e. The van der Waals surface area contributed by atoms with Crippen LogP contribution in [0, 0.1) is 0 Å². The van der Waals surface area contributed by atoms with E-state index < -0.39 is 12.2 Å². The average Bonchev–Trinajstić information content (AvgIpc) is 2.08. The molecule has 0 unspecified atom stereocenters. The van der Waals surface area contributed by atoms with Gasteiger partial charge in [-0.15, -0.1) is 0 Å². The van der Waals surface area contributed by atoms with Crippen molar-refractivity contribution in [1.29, 1.82) is 0 Å². The smallest absolute Gasteiger partial charge is 0.435 e. The molecule has 0 radical (unpaired) electrons. The number of carboxylic acid groups (broad SMARTS) is 1. The monoisotopic (exact) mass is 160 g/mol. The van der Waals surface area contributed by atoms with Crippen molar-refractivity contribution >= 4 is 6.09 Å². The molecule has 0 aliphatic carbocycles. The van der Waals surface area contributed by atoms with E-state index in [2.05, 4.69) is 0 Å². The number of hydrogen-bond donors (Lipinski definition) is 2. The highest BCUT2D eigenvalue weighted by molar-refractivity contribution is 5.57. The van der Waals surface area contributed by atoms with Crippen molar-refractivity contribution in [1.82, 2.24) is 0 Å². The molecule has 0 saturated carbocycles. The topological polar surface area (TPSA) is 57.5 Å². The molecule has 1 aliphatic heterocycles. The molecule has 0 spiro atoms. The summed E-state index contributed by atoms with van der Waals surface area (Å²) in [5, 5.41) is 18.0. The first-order chi connectivity index (χ1) is 4.97. The van der Waals surface area contributed by atoms with E-state index in [0.29, 0.717) is 13.0 Å². The minimum Gasteiger partial charge on any atom is -0.435 e. The van der Waals surface area contributed by atoms with Gasteiger partial charge in [-0.05, 0) is 6.92 Å². The molecule has 1 fully saturated rings. The number of amides is 1. The first-order valence-electron chi connectivity index (χ1n) is 3.73. The van der Waals surface area contributed by atoms with Crippen molar-refractivity contribution in [3.05, 3.63) is 0 Å². The fraction of sp³-hybridized carbons (Fsp3) is 0.857. The normalized spacial score (nSPS) is 44.3. The zero-order valence-electron chi connectivity index (χ0n) is 6.82. The Hall–Kier alpha value is -0.610. The fourth-order valence-electron chi connectivity index (χ4n) is 1.59. The molecule has 4 nitrogen and oxygen atoms in total. The molecule has 1 aliphatic rings. The molecule has 0 bridgehead atoms. The molecule has 11 heavy (non-hydrogen) atoms. The second-order valence-electron chi connectivity index (χ2n) is 3.47. The van der Waals surface area contributed by atoms with Crippen LogP contribution >= 0.6 is 0 Å². The molecule has 1 amide bonds. The van der Waals surface area contributed by atoms with Crippen LogP contribution in [0.3, 0.4) is 0 Å². The van der Waals surface area contributed by atoms with Gasteiger partial charge in [0.25, 0.3) is 0 Å². The van der Waals surface area contributed by atoms with E-state index in [-0.39, 0.29) is 10.5 Å². The van der Waals surface area contributed by atoms with Gasteiger partial charge in [0.05, 0.1) is 13.1 Å². The lowest BCUT2D eigenvalue weighted by molar-refractivity contribution is -0.848. The zero-order chi connectivity index (χ0) is 8.65. The standard InChI is InChI=1S/C7H13NO3/c1-5-3-6(9)4-8(5,2)7(10)11/h5-6,9H,3-4H2,1-2H3/p+1/t5-,6+,8-/m1/s1. The Balaban J connectivity index is 2.79. The Labute approximate surface area is 65.6 Å². The number of likely N-dealkylation sites (N-methyl/N-ethyl adjacent to an activating group) is 1. The van der Waals surface area contributed by atoms with Crippen molar-refractivity contribution in [2.45, 2.75) is 25.5 Å². The lowest BCUT2D eigenvalue weighted by atomic mass is 10.2. The first-order valence-corrected chi connectivity index (χ1v) is 3.73. The minimum absolute atomic E-state index is 0.0162. The third-order valence-electron chi connectivity index (χ3n) is 2.61. The number of hydrogen-bond acceptors (Lipinski definition) is 2. The number of carbonyl (C=O) groups is 1. The molecule has 1 heterocycles. The Kier molecular flexibility index (Phi) is 1.90. The minimum atomic E-state index is -0.853. The quantitative estimate of drug-likeness (QED) is 0.500. The number of rotatable bonds is 0. The van der Waals surface area contributed by atoms with Crippen LogP contribution in [-0.4, -0.2) is 46.5 Å². The first kappa shape index (κ1) is 8.49. The molecular weight excluding hydrogens is 146 g/mol. The van der Waals surface area contributed by atoms with E-state index in [9.17, 15) is 9.90 Å². The van der Waals surface area contributed by atoms with Crippen LogP contribution in [0.2, 0.25) is 0 Å². The largest absolute Gasteiger partial charge is 0.513 e. The van der Waals surface area contributed by atoms with E-state index in [4.69, 9.17) is 5.11 Å². The van der Waals surface area contributed by atoms with Crippen molar-refractivity contribution in [3.63, 3.8) is 0 Å². The van der Waals surface area contributed by atoms with Gasteiger partial charge in [0.2, 0.25) is 0 Å². The summed E-state index contributed by atoms with van der Waals surface area (Å²) >= 11 is 0. The highest BCUT2D eigenvalue weighted by Crippen LogP contribution is 2.24. The van der Waals surface area contributed by atoms with E-state index >= 15 is 0 Å². The molecule has 0 aromatic carbocycles. The van der Waals surface area contributed by atoms with Gasteiger partial charge in [-0.3, -0.25) is 0 Å². The van der Waals surface area contributed by atoms with Crippen molar-refractivity contribution in [3.8, 4) is 0 Å². The Bertz CT molecular complexity index is 183. The molecule has 0 aromatic heterocycles. The van der Waals surface area contributed by atoms with Crippen LogP contribution in [0.25, 0.3) is 0 Å². The van der Waals surface area contributed by atoms with Crippen LogP contribution in [-0.2, 0) is 0 Å². The Morgan fingerprint density at radius 2 is 2.18 bits per heavy atom. The predicted molar refractivity (Wildman–Crippen MR) is 39.2 cm³/mol. The van der Waals surface area contributed by atoms with Crippen LogP contribution in [0.1, 0.15) is 13.3 Å². The average molecular weight is 160 g/mol.